The van der Waals surface area contributed by atoms with Crippen molar-refractivity contribution in [2.45, 2.75) is 20.3 Å². The van der Waals surface area contributed by atoms with E-state index in [0.29, 0.717) is 35.3 Å². The highest BCUT2D eigenvalue weighted by Crippen LogP contribution is 2.38. The largest absolute Gasteiger partial charge is 0.508 e. The number of rotatable bonds is 2. The van der Waals surface area contributed by atoms with Crippen LogP contribution in [0.2, 0.25) is 0 Å². The molecule has 1 aliphatic rings. The van der Waals surface area contributed by atoms with Crippen LogP contribution in [-0.2, 0) is 10.0 Å². The van der Waals surface area contributed by atoms with Crippen LogP contribution in [0.3, 0.4) is 0 Å². The van der Waals surface area contributed by atoms with E-state index in [4.69, 9.17) is 4.42 Å². The van der Waals surface area contributed by atoms with Crippen molar-refractivity contribution in [2.75, 3.05) is 16.6 Å². The summed E-state index contributed by atoms with van der Waals surface area (Å²) in [7, 11) is -3.49. The van der Waals surface area contributed by atoms with Crippen molar-refractivity contribution in [2.24, 2.45) is 0 Å². The van der Waals surface area contributed by atoms with Gasteiger partial charge in [0.05, 0.1) is 16.8 Å². The fourth-order valence-electron chi connectivity index (χ4n) is 3.50. The lowest BCUT2D eigenvalue weighted by Crippen LogP contribution is -2.25. The average molecular weight is 401 g/mol. The zero-order valence-corrected chi connectivity index (χ0v) is 16.2. The Morgan fingerprint density at radius 1 is 1.11 bits per heavy atom. The molecule has 0 atom stereocenters. The monoisotopic (exact) mass is 401 g/mol. The van der Waals surface area contributed by atoms with E-state index in [0.717, 1.165) is 0 Å². The predicted molar refractivity (Wildman–Crippen MR) is 106 cm³/mol. The average Bonchev–Trinajstić information content (AvgIpc) is 2.99. The molecule has 1 aromatic heterocycles. The highest BCUT2D eigenvalue weighted by atomic mass is 32.2. The van der Waals surface area contributed by atoms with Crippen LogP contribution in [0.1, 0.15) is 17.5 Å². The maximum absolute atomic E-state index is 12.8. The van der Waals surface area contributed by atoms with Gasteiger partial charge in [0.1, 0.15) is 5.75 Å². The first-order chi connectivity index (χ1) is 13.2. The Kier molecular flexibility index (Phi) is 4.11. The fourth-order valence-corrected chi connectivity index (χ4v) is 5.06. The van der Waals surface area contributed by atoms with E-state index in [2.05, 4.69) is 0 Å². The third-order valence-corrected chi connectivity index (χ3v) is 6.77. The summed E-state index contributed by atoms with van der Waals surface area (Å²) in [5, 5.41) is 20.3. The zero-order chi connectivity index (χ0) is 20.2. The zero-order valence-electron chi connectivity index (χ0n) is 15.4. The van der Waals surface area contributed by atoms with Gasteiger partial charge in [0.2, 0.25) is 21.2 Å². The lowest BCUT2D eigenvalue weighted by Gasteiger charge is -2.19. The third-order valence-electron chi connectivity index (χ3n) is 4.92. The molecule has 4 rings (SSSR count). The summed E-state index contributed by atoms with van der Waals surface area (Å²) in [6.07, 6.45) is 0.490. The molecule has 0 bridgehead atoms. The topological polar surface area (TPSA) is 108 Å². The van der Waals surface area contributed by atoms with Crippen molar-refractivity contribution in [3.05, 3.63) is 51.7 Å². The normalized spacial score (nSPS) is 16.0. The fraction of sp³-hybridized carbons (Fsp3) is 0.250. The Balaban J connectivity index is 2.06. The summed E-state index contributed by atoms with van der Waals surface area (Å²) in [5.41, 5.74) is 1.41. The molecule has 1 fully saturated rings. The number of phenols is 1. The Hall–Kier alpha value is -3.00. The van der Waals surface area contributed by atoms with Crippen molar-refractivity contribution < 1.29 is 23.0 Å². The van der Waals surface area contributed by atoms with Gasteiger partial charge in [-0.15, -0.1) is 0 Å². The Labute approximate surface area is 161 Å². The van der Waals surface area contributed by atoms with Crippen molar-refractivity contribution in [3.8, 4) is 22.8 Å². The number of anilines is 1. The molecular formula is C20H19NO6S. The minimum atomic E-state index is -3.49. The third kappa shape index (κ3) is 2.80. The van der Waals surface area contributed by atoms with E-state index >= 15 is 0 Å². The first-order valence-corrected chi connectivity index (χ1v) is 10.4. The first kappa shape index (κ1) is 18.4. The molecule has 0 saturated carbocycles. The predicted octanol–water partition coefficient (Wildman–Crippen LogP) is 3.03. The molecule has 0 unspecified atom stereocenters. The summed E-state index contributed by atoms with van der Waals surface area (Å²) in [6, 6.07) is 7.78. The highest BCUT2D eigenvalue weighted by molar-refractivity contribution is 7.93. The number of fused-ring (bicyclic) bond motifs is 1. The second-order valence-electron chi connectivity index (χ2n) is 7.01. The van der Waals surface area contributed by atoms with Crippen molar-refractivity contribution in [1.82, 2.24) is 0 Å². The van der Waals surface area contributed by atoms with Gasteiger partial charge in [-0.25, -0.2) is 8.42 Å². The van der Waals surface area contributed by atoms with E-state index < -0.39 is 21.2 Å². The molecule has 2 N–H and O–H groups in total. The van der Waals surface area contributed by atoms with Crippen LogP contribution in [0.4, 0.5) is 5.69 Å². The number of aromatic hydroxyl groups is 2. The molecule has 28 heavy (non-hydrogen) atoms. The maximum atomic E-state index is 12.8. The molecule has 2 heterocycles. The second-order valence-corrected chi connectivity index (χ2v) is 9.03. The van der Waals surface area contributed by atoms with Gasteiger partial charge >= 0.3 is 0 Å². The minimum Gasteiger partial charge on any atom is -0.508 e. The smallest absolute Gasteiger partial charge is 0.235 e. The second kappa shape index (κ2) is 6.27. The van der Waals surface area contributed by atoms with Crippen LogP contribution >= 0.6 is 0 Å². The van der Waals surface area contributed by atoms with Gasteiger partial charge in [0.25, 0.3) is 0 Å². The summed E-state index contributed by atoms with van der Waals surface area (Å²) < 4.78 is 32.0. The van der Waals surface area contributed by atoms with Gasteiger partial charge in [-0.3, -0.25) is 9.10 Å². The van der Waals surface area contributed by atoms with Gasteiger partial charge < -0.3 is 14.6 Å². The molecule has 1 saturated heterocycles. The van der Waals surface area contributed by atoms with Gasteiger partial charge in [0, 0.05) is 12.1 Å². The van der Waals surface area contributed by atoms with Crippen LogP contribution in [-0.4, -0.2) is 30.9 Å². The van der Waals surface area contributed by atoms with Crippen molar-refractivity contribution in [1.29, 1.82) is 0 Å². The van der Waals surface area contributed by atoms with Gasteiger partial charge in [-0.05, 0) is 61.7 Å². The van der Waals surface area contributed by atoms with Crippen LogP contribution < -0.4 is 9.73 Å². The number of sulfonamides is 1. The summed E-state index contributed by atoms with van der Waals surface area (Å²) in [6.45, 7) is 3.74. The molecule has 146 valence electrons. The van der Waals surface area contributed by atoms with Crippen LogP contribution in [0, 0.1) is 13.8 Å². The summed E-state index contributed by atoms with van der Waals surface area (Å²) in [4.78, 5) is 12.8. The molecule has 0 amide bonds. The molecule has 3 aromatic rings. The lowest BCUT2D eigenvalue weighted by molar-refractivity contribution is 0.449. The number of aryl methyl sites for hydroxylation is 2. The van der Waals surface area contributed by atoms with E-state index in [1.54, 1.807) is 32.0 Å². The van der Waals surface area contributed by atoms with Crippen LogP contribution in [0.5, 0.6) is 11.5 Å². The van der Waals surface area contributed by atoms with Crippen molar-refractivity contribution >= 4 is 26.7 Å². The molecule has 7 nitrogen and oxygen atoms in total. The Morgan fingerprint density at radius 2 is 1.86 bits per heavy atom. The Morgan fingerprint density at radius 3 is 2.50 bits per heavy atom. The maximum Gasteiger partial charge on any atom is 0.235 e. The quantitative estimate of drug-likeness (QED) is 0.683. The number of hydrogen-bond donors (Lipinski definition) is 2. The molecular weight excluding hydrogens is 382 g/mol. The number of nitrogens with zero attached hydrogens (tertiary/aromatic N) is 1. The molecule has 0 radical (unpaired) electrons. The molecule has 1 aliphatic heterocycles. The van der Waals surface area contributed by atoms with E-state index in [9.17, 15) is 23.4 Å². The lowest BCUT2D eigenvalue weighted by atomic mass is 10.1. The number of phenolic OH excluding ortho intramolecular Hbond substituents is 1. The van der Waals surface area contributed by atoms with E-state index in [-0.39, 0.29) is 28.2 Å². The molecule has 8 heteroatoms. The minimum absolute atomic E-state index is 0.0365. The van der Waals surface area contributed by atoms with Gasteiger partial charge in [-0.2, -0.15) is 0 Å². The Bertz CT molecular complexity index is 1280. The van der Waals surface area contributed by atoms with Crippen LogP contribution in [0.15, 0.2) is 39.5 Å². The SMILES string of the molecule is Cc1cc(N2CCCS2(=O)=O)c2oc(-c3ccc(O)c(C)c3)c(O)c(=O)c2c1. The standard InChI is InChI=1S/C20H19NO6S/c1-11-8-14-17(23)18(24)19(13-4-5-16(22)12(2)10-13)27-20(14)15(9-11)21-6-3-7-28(21,25)26/h4-5,8-10,22,24H,3,6-7H2,1-2H3. The van der Waals surface area contributed by atoms with Gasteiger partial charge in [-0.1, -0.05) is 0 Å². The van der Waals surface area contributed by atoms with Crippen LogP contribution in [0.25, 0.3) is 22.3 Å². The van der Waals surface area contributed by atoms with Crippen molar-refractivity contribution in [3.63, 3.8) is 0 Å². The summed E-state index contributed by atoms with van der Waals surface area (Å²) in [5.74, 6) is -0.513. The number of hydrogen-bond acceptors (Lipinski definition) is 6. The first-order valence-electron chi connectivity index (χ1n) is 8.80. The molecule has 0 spiro atoms. The summed E-state index contributed by atoms with van der Waals surface area (Å²) >= 11 is 0. The highest BCUT2D eigenvalue weighted by Gasteiger charge is 2.31. The van der Waals surface area contributed by atoms with E-state index in [1.165, 1.54) is 16.4 Å². The van der Waals surface area contributed by atoms with Gasteiger partial charge in [0.15, 0.2) is 11.3 Å². The number of benzene rings is 2. The molecule has 0 aliphatic carbocycles. The molecule has 2 aromatic carbocycles. The van der Waals surface area contributed by atoms with E-state index in [1.807, 2.05) is 0 Å².